The lowest BCUT2D eigenvalue weighted by Gasteiger charge is -2.18. The van der Waals surface area contributed by atoms with Crippen molar-refractivity contribution in [2.24, 2.45) is 0 Å². The zero-order valence-corrected chi connectivity index (χ0v) is 16.1. The summed E-state index contributed by atoms with van der Waals surface area (Å²) in [5, 5.41) is 23.6. The van der Waals surface area contributed by atoms with Crippen molar-refractivity contribution in [3.8, 4) is 11.8 Å². The summed E-state index contributed by atoms with van der Waals surface area (Å²) in [5.41, 5.74) is 6.88. The summed E-state index contributed by atoms with van der Waals surface area (Å²) in [6.07, 6.45) is 2.84. The van der Waals surface area contributed by atoms with Gasteiger partial charge in [-0.15, -0.1) is 0 Å². The van der Waals surface area contributed by atoms with Gasteiger partial charge in [0.2, 0.25) is 11.7 Å². The van der Waals surface area contributed by atoms with E-state index >= 15 is 0 Å². The van der Waals surface area contributed by atoms with Gasteiger partial charge in [-0.3, -0.25) is 4.79 Å². The molecule has 9 nitrogen and oxygen atoms in total. The number of rotatable bonds is 5. The second kappa shape index (κ2) is 8.54. The number of imidazole rings is 1. The number of hydrogen-bond donors (Lipinski definition) is 4. The first-order valence-corrected chi connectivity index (χ1v) is 9.60. The van der Waals surface area contributed by atoms with Crippen molar-refractivity contribution in [1.82, 2.24) is 24.8 Å². The van der Waals surface area contributed by atoms with Crippen LogP contribution < -0.4 is 11.1 Å². The predicted octanol–water partition coefficient (Wildman–Crippen LogP) is 0.512. The number of unbranched alkanes of at least 4 members (excludes halogenated alkanes) is 2. The largest absolute Gasteiger partial charge is 0.388 e. The summed E-state index contributed by atoms with van der Waals surface area (Å²) in [5.74, 6) is 6.29. The average Bonchev–Trinajstić information content (AvgIpc) is 3.22. The van der Waals surface area contributed by atoms with Crippen LogP contribution in [0.3, 0.4) is 0 Å². The van der Waals surface area contributed by atoms with Crippen LogP contribution in [0.1, 0.15) is 57.8 Å². The quantitative estimate of drug-likeness (QED) is 0.434. The van der Waals surface area contributed by atoms with E-state index in [-0.39, 0.29) is 11.7 Å². The van der Waals surface area contributed by atoms with Crippen molar-refractivity contribution in [2.75, 3.05) is 5.73 Å². The Morgan fingerprint density at radius 1 is 1.36 bits per heavy atom. The Morgan fingerprint density at radius 2 is 2.14 bits per heavy atom. The minimum atomic E-state index is -1.08. The zero-order chi connectivity index (χ0) is 20.3. The van der Waals surface area contributed by atoms with Gasteiger partial charge in [-0.05, 0) is 18.8 Å². The number of nitrogens with zero attached hydrogens (tertiary/aromatic N) is 4. The molecule has 5 N–H and O–H groups in total. The van der Waals surface area contributed by atoms with Crippen molar-refractivity contribution < 1.29 is 15.0 Å². The number of carbonyl (C=O) groups is 1. The van der Waals surface area contributed by atoms with Crippen LogP contribution in [0.2, 0.25) is 0 Å². The first kappa shape index (κ1) is 20.0. The van der Waals surface area contributed by atoms with E-state index in [4.69, 9.17) is 5.73 Å². The smallest absolute Gasteiger partial charge is 0.220 e. The Morgan fingerprint density at radius 3 is 2.86 bits per heavy atom. The van der Waals surface area contributed by atoms with E-state index in [1.165, 1.54) is 6.33 Å². The van der Waals surface area contributed by atoms with Crippen LogP contribution in [0.25, 0.3) is 11.2 Å². The first-order chi connectivity index (χ1) is 13.5. The summed E-state index contributed by atoms with van der Waals surface area (Å²) >= 11 is 0. The molecule has 0 aromatic carbocycles. The van der Waals surface area contributed by atoms with Gasteiger partial charge in [0.1, 0.15) is 17.7 Å². The molecule has 2 aromatic rings. The number of fused-ring (bicyclic) bond motifs is 1. The molecule has 1 unspecified atom stereocenters. The van der Waals surface area contributed by atoms with Crippen molar-refractivity contribution in [2.45, 2.75) is 70.2 Å². The van der Waals surface area contributed by atoms with Crippen LogP contribution in [0.15, 0.2) is 6.33 Å². The van der Waals surface area contributed by atoms with Crippen molar-refractivity contribution in [3.63, 3.8) is 0 Å². The molecule has 1 aliphatic rings. The minimum absolute atomic E-state index is 0.177. The molecular formula is C19H26N6O3. The Labute approximate surface area is 163 Å². The van der Waals surface area contributed by atoms with Crippen molar-refractivity contribution in [1.29, 1.82) is 0 Å². The molecule has 1 fully saturated rings. The topological polar surface area (TPSA) is 139 Å². The molecule has 1 aliphatic carbocycles. The van der Waals surface area contributed by atoms with E-state index in [1.54, 1.807) is 11.5 Å². The van der Waals surface area contributed by atoms with Crippen molar-refractivity contribution in [3.05, 3.63) is 12.2 Å². The van der Waals surface area contributed by atoms with Gasteiger partial charge in [0.15, 0.2) is 11.5 Å². The SMILES string of the molecule is CCCCC#Cc1nc(N)c2ncn(C3C[C@H](NC(=O)CC)[C@@H](O)[C@H]3O)c2n1. The molecule has 1 saturated carbocycles. The molecule has 0 saturated heterocycles. The highest BCUT2D eigenvalue weighted by Crippen LogP contribution is 2.33. The van der Waals surface area contributed by atoms with E-state index < -0.39 is 24.3 Å². The number of aromatic nitrogens is 4. The number of amides is 1. The molecule has 0 spiro atoms. The monoisotopic (exact) mass is 386 g/mol. The fourth-order valence-electron chi connectivity index (χ4n) is 3.38. The molecule has 150 valence electrons. The zero-order valence-electron chi connectivity index (χ0n) is 16.1. The van der Waals surface area contributed by atoms with Gasteiger partial charge in [0.25, 0.3) is 0 Å². The second-order valence-corrected chi connectivity index (χ2v) is 6.97. The number of nitrogens with one attached hydrogen (secondary N) is 1. The van der Waals surface area contributed by atoms with Gasteiger partial charge in [0, 0.05) is 12.8 Å². The Kier molecular flexibility index (Phi) is 6.11. The molecule has 2 heterocycles. The predicted molar refractivity (Wildman–Crippen MR) is 104 cm³/mol. The van der Waals surface area contributed by atoms with Gasteiger partial charge in [-0.25, -0.2) is 15.0 Å². The Balaban J connectivity index is 1.91. The lowest BCUT2D eigenvalue weighted by atomic mass is 10.2. The lowest BCUT2D eigenvalue weighted by Crippen LogP contribution is -2.42. The average molecular weight is 386 g/mol. The van der Waals surface area contributed by atoms with Crippen LogP contribution in [0.4, 0.5) is 5.82 Å². The van der Waals surface area contributed by atoms with Gasteiger partial charge >= 0.3 is 0 Å². The van der Waals surface area contributed by atoms with Crippen LogP contribution in [0.5, 0.6) is 0 Å². The van der Waals surface area contributed by atoms with Gasteiger partial charge in [-0.2, -0.15) is 0 Å². The number of carbonyl (C=O) groups excluding carboxylic acids is 1. The van der Waals surface area contributed by atoms with Crippen molar-refractivity contribution >= 4 is 22.9 Å². The second-order valence-electron chi connectivity index (χ2n) is 6.97. The van der Waals surface area contributed by atoms with Crippen LogP contribution in [-0.2, 0) is 4.79 Å². The number of anilines is 1. The van der Waals surface area contributed by atoms with E-state index in [9.17, 15) is 15.0 Å². The van der Waals surface area contributed by atoms with Gasteiger partial charge in [0.05, 0.1) is 18.4 Å². The number of nitrogen functional groups attached to an aromatic ring is 1. The Hall–Kier alpha value is -2.70. The standard InChI is InChI=1S/C19H26N6O3/c1-3-5-6-7-8-13-23-18(20)15-19(24-13)25(10-21-15)12-9-11(16(27)17(12)28)22-14(26)4-2/h10-12,16-17,27-28H,3-6,9H2,1-2H3,(H,22,26)(H2,20,23,24)/t11-,12?,16+,17-/m0/s1. The summed E-state index contributed by atoms with van der Waals surface area (Å²) < 4.78 is 1.68. The third kappa shape index (κ3) is 3.93. The normalized spacial score (nSPS) is 24.1. The highest BCUT2D eigenvalue weighted by molar-refractivity contribution is 5.82. The molecule has 9 heteroatoms. The number of nitrogens with two attached hydrogens (primary N) is 1. The van der Waals surface area contributed by atoms with Crippen LogP contribution >= 0.6 is 0 Å². The molecule has 4 atom stereocenters. The molecule has 1 amide bonds. The number of hydrogen-bond acceptors (Lipinski definition) is 7. The van der Waals surface area contributed by atoms with E-state index in [0.29, 0.717) is 29.8 Å². The molecule has 0 bridgehead atoms. The third-order valence-electron chi connectivity index (χ3n) is 4.98. The summed E-state index contributed by atoms with van der Waals surface area (Å²) in [6, 6.07) is -1.05. The highest BCUT2D eigenvalue weighted by Gasteiger charge is 2.43. The van der Waals surface area contributed by atoms with Gasteiger partial charge in [-0.1, -0.05) is 26.2 Å². The molecular weight excluding hydrogens is 360 g/mol. The number of aliphatic hydroxyl groups excluding tert-OH is 2. The maximum atomic E-state index is 11.7. The maximum Gasteiger partial charge on any atom is 0.220 e. The summed E-state index contributed by atoms with van der Waals surface area (Å²) in [6.45, 7) is 3.83. The number of aliphatic hydroxyl groups is 2. The molecule has 0 aliphatic heterocycles. The van der Waals surface area contributed by atoms with Crippen LogP contribution in [0, 0.1) is 11.8 Å². The Bertz CT molecular complexity index is 916. The first-order valence-electron chi connectivity index (χ1n) is 9.60. The fourth-order valence-corrected chi connectivity index (χ4v) is 3.38. The lowest BCUT2D eigenvalue weighted by molar-refractivity contribution is -0.122. The van der Waals surface area contributed by atoms with E-state index in [2.05, 4.69) is 39.0 Å². The van der Waals surface area contributed by atoms with Gasteiger partial charge < -0.3 is 25.8 Å². The molecule has 3 rings (SSSR count). The fraction of sp³-hybridized carbons (Fsp3) is 0.579. The molecule has 2 aromatic heterocycles. The molecule has 0 radical (unpaired) electrons. The summed E-state index contributed by atoms with van der Waals surface area (Å²) in [7, 11) is 0. The summed E-state index contributed by atoms with van der Waals surface area (Å²) in [4.78, 5) is 24.6. The third-order valence-corrected chi connectivity index (χ3v) is 4.98. The van der Waals surface area contributed by atoms with E-state index in [1.807, 2.05) is 0 Å². The minimum Gasteiger partial charge on any atom is -0.388 e. The van der Waals surface area contributed by atoms with E-state index in [0.717, 1.165) is 19.3 Å². The maximum absolute atomic E-state index is 11.7. The highest BCUT2D eigenvalue weighted by atomic mass is 16.3. The van der Waals surface area contributed by atoms with Crippen LogP contribution in [-0.4, -0.2) is 53.9 Å². The molecule has 28 heavy (non-hydrogen) atoms.